The second kappa shape index (κ2) is 5.53. The number of hydrogen-bond acceptors (Lipinski definition) is 3. The molecule has 2 rings (SSSR count). The SMILES string of the molecule is N#CCc1cnc(-c2ccc(Cl)c(Cl)c2Cl)nc1. The van der Waals surface area contributed by atoms with Gasteiger partial charge in [-0.3, -0.25) is 0 Å². The Bertz CT molecular complexity index is 618. The molecular weight excluding hydrogens is 293 g/mol. The van der Waals surface area contributed by atoms with E-state index >= 15 is 0 Å². The average Bonchev–Trinajstić information content (AvgIpc) is 2.38. The third kappa shape index (κ3) is 2.56. The number of halogens is 3. The standard InChI is InChI=1S/C12H6Cl3N3/c13-9-2-1-8(10(14)11(9)15)12-17-5-7(3-4-16)6-18-12/h1-2,5-6H,3H2. The van der Waals surface area contributed by atoms with Gasteiger partial charge in [0.05, 0.1) is 27.6 Å². The number of nitriles is 1. The van der Waals surface area contributed by atoms with Gasteiger partial charge in [0.15, 0.2) is 5.82 Å². The first-order valence-electron chi connectivity index (χ1n) is 4.95. The smallest absolute Gasteiger partial charge is 0.160 e. The minimum Gasteiger partial charge on any atom is -0.236 e. The molecule has 0 aliphatic carbocycles. The van der Waals surface area contributed by atoms with Crippen LogP contribution in [-0.4, -0.2) is 9.97 Å². The molecule has 0 saturated heterocycles. The highest BCUT2D eigenvalue weighted by Crippen LogP contribution is 2.36. The molecule has 0 aliphatic heterocycles. The summed E-state index contributed by atoms with van der Waals surface area (Å²) < 4.78 is 0. The molecule has 1 heterocycles. The van der Waals surface area contributed by atoms with Crippen molar-refractivity contribution < 1.29 is 0 Å². The van der Waals surface area contributed by atoms with Crippen molar-refractivity contribution in [1.29, 1.82) is 5.26 Å². The predicted molar refractivity (Wildman–Crippen MR) is 71.8 cm³/mol. The van der Waals surface area contributed by atoms with Crippen LogP contribution in [0, 0.1) is 11.3 Å². The van der Waals surface area contributed by atoms with Crippen LogP contribution in [0.15, 0.2) is 24.5 Å². The Balaban J connectivity index is 2.44. The summed E-state index contributed by atoms with van der Waals surface area (Å²) >= 11 is 17.9. The molecule has 0 aliphatic rings. The second-order valence-corrected chi connectivity index (χ2v) is 4.64. The van der Waals surface area contributed by atoms with Gasteiger partial charge in [-0.15, -0.1) is 0 Å². The third-order valence-corrected chi connectivity index (χ3v) is 3.56. The molecule has 6 heteroatoms. The monoisotopic (exact) mass is 297 g/mol. The fraction of sp³-hybridized carbons (Fsp3) is 0.0833. The van der Waals surface area contributed by atoms with E-state index in [1.165, 1.54) is 0 Å². The summed E-state index contributed by atoms with van der Waals surface area (Å²) in [5, 5.41) is 9.53. The van der Waals surface area contributed by atoms with Gasteiger partial charge >= 0.3 is 0 Å². The van der Waals surface area contributed by atoms with Crippen molar-refractivity contribution in [2.75, 3.05) is 0 Å². The molecule has 90 valence electrons. The van der Waals surface area contributed by atoms with Crippen LogP contribution in [0.2, 0.25) is 15.1 Å². The maximum atomic E-state index is 8.56. The van der Waals surface area contributed by atoms with Gasteiger partial charge in [0.2, 0.25) is 0 Å². The zero-order chi connectivity index (χ0) is 13.1. The van der Waals surface area contributed by atoms with Gasteiger partial charge in [-0.05, 0) is 12.1 Å². The molecular formula is C12H6Cl3N3. The van der Waals surface area contributed by atoms with Crippen molar-refractivity contribution in [2.24, 2.45) is 0 Å². The lowest BCUT2D eigenvalue weighted by Crippen LogP contribution is -1.93. The van der Waals surface area contributed by atoms with E-state index in [0.717, 1.165) is 5.56 Å². The molecule has 0 bridgehead atoms. The second-order valence-electron chi connectivity index (χ2n) is 3.47. The first kappa shape index (κ1) is 13.1. The van der Waals surface area contributed by atoms with Crippen LogP contribution in [0.25, 0.3) is 11.4 Å². The predicted octanol–water partition coefficient (Wildman–Crippen LogP) is 4.17. The lowest BCUT2D eigenvalue weighted by atomic mass is 10.2. The molecule has 0 N–H and O–H groups in total. The molecule has 2 aromatic rings. The summed E-state index contributed by atoms with van der Waals surface area (Å²) in [7, 11) is 0. The summed E-state index contributed by atoms with van der Waals surface area (Å²) in [5.74, 6) is 0.445. The summed E-state index contributed by atoms with van der Waals surface area (Å²) in [6.07, 6.45) is 3.45. The maximum absolute atomic E-state index is 8.56. The first-order chi connectivity index (χ1) is 8.63. The molecule has 0 radical (unpaired) electrons. The Hall–Kier alpha value is -1.34. The maximum Gasteiger partial charge on any atom is 0.160 e. The van der Waals surface area contributed by atoms with E-state index < -0.39 is 0 Å². The molecule has 0 saturated carbocycles. The lowest BCUT2D eigenvalue weighted by molar-refractivity contribution is 1.10. The topological polar surface area (TPSA) is 49.6 Å². The molecule has 3 nitrogen and oxygen atoms in total. The Morgan fingerprint density at radius 2 is 1.72 bits per heavy atom. The zero-order valence-electron chi connectivity index (χ0n) is 8.99. The van der Waals surface area contributed by atoms with Gasteiger partial charge in [-0.25, -0.2) is 9.97 Å². The largest absolute Gasteiger partial charge is 0.236 e. The summed E-state index contributed by atoms with van der Waals surface area (Å²) in [5.41, 5.74) is 1.35. The van der Waals surface area contributed by atoms with Gasteiger partial charge in [0, 0.05) is 23.5 Å². The normalized spacial score (nSPS) is 10.1. The molecule has 0 fully saturated rings. The first-order valence-corrected chi connectivity index (χ1v) is 6.08. The lowest BCUT2D eigenvalue weighted by Gasteiger charge is -2.06. The van der Waals surface area contributed by atoms with Gasteiger partial charge < -0.3 is 0 Å². The Kier molecular flexibility index (Phi) is 4.03. The molecule has 1 aromatic heterocycles. The molecule has 18 heavy (non-hydrogen) atoms. The Labute approximate surface area is 119 Å². The molecule has 0 unspecified atom stereocenters. The highest BCUT2D eigenvalue weighted by Gasteiger charge is 2.12. The van der Waals surface area contributed by atoms with E-state index in [1.54, 1.807) is 24.5 Å². The van der Waals surface area contributed by atoms with Crippen molar-refractivity contribution in [3.05, 3.63) is 45.2 Å². The molecule has 0 amide bonds. The minimum absolute atomic E-state index is 0.273. The highest BCUT2D eigenvalue weighted by molar-refractivity contribution is 6.49. The van der Waals surface area contributed by atoms with Gasteiger partial charge in [-0.2, -0.15) is 5.26 Å². The fourth-order valence-electron chi connectivity index (χ4n) is 1.38. The van der Waals surface area contributed by atoms with E-state index in [2.05, 4.69) is 9.97 Å². The Morgan fingerprint density at radius 3 is 2.33 bits per heavy atom. The van der Waals surface area contributed by atoms with E-state index in [0.29, 0.717) is 21.4 Å². The minimum atomic E-state index is 0.273. The van der Waals surface area contributed by atoms with Crippen molar-refractivity contribution in [2.45, 2.75) is 6.42 Å². The zero-order valence-corrected chi connectivity index (χ0v) is 11.3. The van der Waals surface area contributed by atoms with Crippen molar-refractivity contribution in [3.63, 3.8) is 0 Å². The summed E-state index contributed by atoms with van der Waals surface area (Å²) in [4.78, 5) is 8.30. The number of nitrogens with zero attached hydrogens (tertiary/aromatic N) is 3. The fourth-order valence-corrected chi connectivity index (χ4v) is 1.99. The van der Waals surface area contributed by atoms with Crippen LogP contribution in [0.1, 0.15) is 5.56 Å². The van der Waals surface area contributed by atoms with Crippen LogP contribution in [0.5, 0.6) is 0 Å². The summed E-state index contributed by atoms with van der Waals surface area (Å²) in [6.45, 7) is 0. The number of aromatic nitrogens is 2. The Morgan fingerprint density at radius 1 is 1.06 bits per heavy atom. The number of rotatable bonds is 2. The van der Waals surface area contributed by atoms with Crippen LogP contribution in [0.4, 0.5) is 0 Å². The number of hydrogen-bond donors (Lipinski definition) is 0. The number of benzene rings is 1. The van der Waals surface area contributed by atoms with Crippen LogP contribution in [-0.2, 0) is 6.42 Å². The van der Waals surface area contributed by atoms with Crippen molar-refractivity contribution in [1.82, 2.24) is 9.97 Å². The third-order valence-electron chi connectivity index (χ3n) is 2.26. The quantitative estimate of drug-likeness (QED) is 0.782. The molecule has 1 aromatic carbocycles. The highest BCUT2D eigenvalue weighted by atomic mass is 35.5. The van der Waals surface area contributed by atoms with Crippen molar-refractivity contribution in [3.8, 4) is 17.5 Å². The molecule has 0 atom stereocenters. The van der Waals surface area contributed by atoms with Crippen LogP contribution >= 0.6 is 34.8 Å². The van der Waals surface area contributed by atoms with Gasteiger partial charge in [-0.1, -0.05) is 34.8 Å². The van der Waals surface area contributed by atoms with Gasteiger partial charge in [0.25, 0.3) is 0 Å². The average molecular weight is 299 g/mol. The van der Waals surface area contributed by atoms with E-state index in [-0.39, 0.29) is 11.4 Å². The van der Waals surface area contributed by atoms with E-state index in [4.69, 9.17) is 40.1 Å². The van der Waals surface area contributed by atoms with E-state index in [9.17, 15) is 0 Å². The van der Waals surface area contributed by atoms with Gasteiger partial charge in [0.1, 0.15) is 0 Å². The van der Waals surface area contributed by atoms with E-state index in [1.807, 2.05) is 6.07 Å². The van der Waals surface area contributed by atoms with Crippen molar-refractivity contribution >= 4 is 34.8 Å². The van der Waals surface area contributed by atoms with Crippen LogP contribution in [0.3, 0.4) is 0 Å². The van der Waals surface area contributed by atoms with Crippen LogP contribution < -0.4 is 0 Å². The molecule has 0 spiro atoms. The summed E-state index contributed by atoms with van der Waals surface area (Å²) in [6, 6.07) is 5.37.